The molecule has 0 saturated heterocycles. The van der Waals surface area contributed by atoms with E-state index in [0.29, 0.717) is 16.8 Å². The Bertz CT molecular complexity index is 542. The van der Waals surface area contributed by atoms with Gasteiger partial charge in [-0.1, -0.05) is 22.9 Å². The van der Waals surface area contributed by atoms with Crippen LogP contribution >= 0.6 is 27.3 Å². The van der Waals surface area contributed by atoms with Gasteiger partial charge < -0.3 is 10.1 Å². The lowest BCUT2D eigenvalue weighted by Crippen LogP contribution is -2.13. The van der Waals surface area contributed by atoms with Gasteiger partial charge in [-0.25, -0.2) is 9.37 Å². The molecule has 0 aliphatic rings. The van der Waals surface area contributed by atoms with E-state index in [1.165, 1.54) is 12.1 Å². The van der Waals surface area contributed by atoms with Crippen molar-refractivity contribution in [3.05, 3.63) is 44.6 Å². The molecule has 3 nitrogen and oxygen atoms in total. The molecule has 0 unspecified atom stereocenters. The van der Waals surface area contributed by atoms with Crippen LogP contribution in [0.1, 0.15) is 24.0 Å². The van der Waals surface area contributed by atoms with Crippen molar-refractivity contribution in [1.82, 2.24) is 10.3 Å². The van der Waals surface area contributed by atoms with Crippen molar-refractivity contribution in [2.75, 3.05) is 6.54 Å². The number of hydrogen-bond acceptors (Lipinski definition) is 4. The Balaban J connectivity index is 1.87. The van der Waals surface area contributed by atoms with Crippen molar-refractivity contribution in [2.24, 2.45) is 0 Å². The molecule has 0 saturated carbocycles. The van der Waals surface area contributed by atoms with Gasteiger partial charge in [0.2, 0.25) is 0 Å². The number of benzene rings is 1. The third-order valence-corrected chi connectivity index (χ3v) is 3.88. The average Bonchev–Trinajstić information content (AvgIpc) is 2.84. The van der Waals surface area contributed by atoms with Crippen molar-refractivity contribution < 1.29 is 9.13 Å². The Kier molecular flexibility index (Phi) is 5.94. The fraction of sp³-hybridized carbons (Fsp3) is 0.357. The Morgan fingerprint density at radius 2 is 2.25 bits per heavy atom. The second-order valence-electron chi connectivity index (χ2n) is 4.30. The van der Waals surface area contributed by atoms with Gasteiger partial charge in [-0.15, -0.1) is 11.3 Å². The summed E-state index contributed by atoms with van der Waals surface area (Å²) in [5, 5.41) is 6.31. The zero-order valence-electron chi connectivity index (χ0n) is 11.2. The molecule has 1 aromatic carbocycles. The van der Waals surface area contributed by atoms with Crippen LogP contribution in [-0.2, 0) is 13.2 Å². The summed E-state index contributed by atoms with van der Waals surface area (Å²) >= 11 is 4.84. The summed E-state index contributed by atoms with van der Waals surface area (Å²) in [6, 6.07) is 4.49. The van der Waals surface area contributed by atoms with Crippen LogP contribution in [0.4, 0.5) is 4.39 Å². The van der Waals surface area contributed by atoms with E-state index in [9.17, 15) is 4.39 Å². The molecule has 20 heavy (non-hydrogen) atoms. The van der Waals surface area contributed by atoms with E-state index in [-0.39, 0.29) is 5.82 Å². The van der Waals surface area contributed by atoms with Gasteiger partial charge >= 0.3 is 0 Å². The molecule has 2 aromatic rings. The fourth-order valence-corrected chi connectivity index (χ4v) is 2.83. The first-order valence-corrected chi connectivity index (χ1v) is 8.07. The highest BCUT2D eigenvalue weighted by Gasteiger charge is 2.04. The maximum atomic E-state index is 13.2. The highest BCUT2D eigenvalue weighted by molar-refractivity contribution is 9.10. The van der Waals surface area contributed by atoms with E-state index in [0.717, 1.165) is 30.2 Å². The van der Waals surface area contributed by atoms with Crippen LogP contribution in [0.15, 0.2) is 28.1 Å². The van der Waals surface area contributed by atoms with Crippen molar-refractivity contribution >= 4 is 27.3 Å². The lowest BCUT2D eigenvalue weighted by molar-refractivity contribution is 0.300. The molecule has 0 spiro atoms. The molecule has 0 atom stereocenters. The number of ether oxygens (including phenoxy) is 1. The SMILES string of the molecule is CCCNCc1nc(COc2cc(F)cc(Br)c2)cs1. The van der Waals surface area contributed by atoms with Gasteiger partial charge in [0.05, 0.1) is 5.69 Å². The normalized spacial score (nSPS) is 10.8. The topological polar surface area (TPSA) is 34.2 Å². The number of rotatable bonds is 7. The van der Waals surface area contributed by atoms with E-state index >= 15 is 0 Å². The number of halogens is 2. The van der Waals surface area contributed by atoms with Crippen LogP contribution in [0.2, 0.25) is 0 Å². The predicted octanol–water partition coefficient (Wildman–Crippen LogP) is 4.12. The van der Waals surface area contributed by atoms with E-state index in [2.05, 4.69) is 33.2 Å². The van der Waals surface area contributed by atoms with Crippen LogP contribution in [0.3, 0.4) is 0 Å². The highest BCUT2D eigenvalue weighted by atomic mass is 79.9. The van der Waals surface area contributed by atoms with Gasteiger partial charge in [-0.05, 0) is 25.1 Å². The van der Waals surface area contributed by atoms with Crippen LogP contribution in [0.25, 0.3) is 0 Å². The van der Waals surface area contributed by atoms with Crippen LogP contribution in [-0.4, -0.2) is 11.5 Å². The molecule has 6 heteroatoms. The first-order chi connectivity index (χ1) is 9.67. The molecule has 0 amide bonds. The third kappa shape index (κ3) is 4.85. The zero-order valence-corrected chi connectivity index (χ0v) is 13.6. The number of nitrogens with zero attached hydrogens (tertiary/aromatic N) is 1. The van der Waals surface area contributed by atoms with Crippen molar-refractivity contribution in [1.29, 1.82) is 0 Å². The summed E-state index contributed by atoms with van der Waals surface area (Å²) < 4.78 is 19.4. The van der Waals surface area contributed by atoms with Gasteiger partial charge in [0, 0.05) is 22.5 Å². The van der Waals surface area contributed by atoms with Gasteiger partial charge in [0.1, 0.15) is 23.2 Å². The van der Waals surface area contributed by atoms with E-state index in [1.807, 2.05) is 5.38 Å². The summed E-state index contributed by atoms with van der Waals surface area (Å²) in [7, 11) is 0. The molecule has 0 aliphatic carbocycles. The third-order valence-electron chi connectivity index (χ3n) is 2.53. The second-order valence-corrected chi connectivity index (χ2v) is 6.16. The van der Waals surface area contributed by atoms with Crippen LogP contribution < -0.4 is 10.1 Å². The van der Waals surface area contributed by atoms with E-state index in [4.69, 9.17) is 4.74 Å². The molecule has 2 rings (SSSR count). The molecule has 1 N–H and O–H groups in total. The zero-order chi connectivity index (χ0) is 14.4. The lowest BCUT2D eigenvalue weighted by Gasteiger charge is -2.05. The van der Waals surface area contributed by atoms with Gasteiger partial charge in [0.15, 0.2) is 0 Å². The van der Waals surface area contributed by atoms with Gasteiger partial charge in [-0.3, -0.25) is 0 Å². The standard InChI is InChI=1S/C14H16BrFN2OS/c1-2-3-17-7-14-18-12(9-20-14)8-19-13-5-10(15)4-11(16)6-13/h4-6,9,17H,2-3,7-8H2,1H3. The maximum Gasteiger partial charge on any atom is 0.131 e. The molecule has 0 aliphatic heterocycles. The second kappa shape index (κ2) is 7.71. The van der Waals surface area contributed by atoms with Gasteiger partial charge in [0.25, 0.3) is 0 Å². The molecule has 0 bridgehead atoms. The first kappa shape index (κ1) is 15.4. The smallest absolute Gasteiger partial charge is 0.131 e. The quantitative estimate of drug-likeness (QED) is 0.755. The van der Waals surface area contributed by atoms with Crippen LogP contribution in [0, 0.1) is 5.82 Å². The monoisotopic (exact) mass is 358 g/mol. The first-order valence-electron chi connectivity index (χ1n) is 6.40. The Morgan fingerprint density at radius 1 is 1.40 bits per heavy atom. The molecule has 0 radical (unpaired) electrons. The summed E-state index contributed by atoms with van der Waals surface area (Å²) in [5.41, 5.74) is 0.865. The largest absolute Gasteiger partial charge is 0.487 e. The van der Waals surface area contributed by atoms with Crippen LogP contribution in [0.5, 0.6) is 5.75 Å². The summed E-state index contributed by atoms with van der Waals surface area (Å²) in [6.45, 7) is 4.25. The van der Waals surface area contributed by atoms with Crippen molar-refractivity contribution in [2.45, 2.75) is 26.5 Å². The average molecular weight is 359 g/mol. The Labute approximate surface area is 130 Å². The van der Waals surface area contributed by atoms with E-state index in [1.54, 1.807) is 17.4 Å². The number of aromatic nitrogens is 1. The summed E-state index contributed by atoms with van der Waals surface area (Å²) in [5.74, 6) is 0.174. The van der Waals surface area contributed by atoms with Gasteiger partial charge in [-0.2, -0.15) is 0 Å². The number of thiazole rings is 1. The molecule has 1 aromatic heterocycles. The lowest BCUT2D eigenvalue weighted by atomic mass is 10.3. The minimum Gasteiger partial charge on any atom is -0.487 e. The summed E-state index contributed by atoms with van der Waals surface area (Å²) in [4.78, 5) is 4.47. The minimum atomic E-state index is -0.322. The number of hydrogen-bond donors (Lipinski definition) is 1. The Hall–Kier alpha value is -0.980. The van der Waals surface area contributed by atoms with Crippen molar-refractivity contribution in [3.63, 3.8) is 0 Å². The maximum absolute atomic E-state index is 13.2. The Morgan fingerprint density at radius 3 is 3.00 bits per heavy atom. The minimum absolute atomic E-state index is 0.322. The predicted molar refractivity (Wildman–Crippen MR) is 82.5 cm³/mol. The summed E-state index contributed by atoms with van der Waals surface area (Å²) in [6.07, 6.45) is 1.11. The van der Waals surface area contributed by atoms with E-state index < -0.39 is 0 Å². The fourth-order valence-electron chi connectivity index (χ4n) is 1.64. The molecule has 108 valence electrons. The molecule has 0 fully saturated rings. The van der Waals surface area contributed by atoms with Crippen molar-refractivity contribution in [3.8, 4) is 5.75 Å². The molecular weight excluding hydrogens is 343 g/mol. The molecule has 1 heterocycles. The molecular formula is C14H16BrFN2OS. The number of nitrogens with one attached hydrogen (secondary N) is 1. The highest BCUT2D eigenvalue weighted by Crippen LogP contribution is 2.21.